The topological polar surface area (TPSA) is 83.0 Å². The lowest BCUT2D eigenvalue weighted by Gasteiger charge is -2.33. The van der Waals surface area contributed by atoms with E-state index in [0.29, 0.717) is 38.4 Å². The first kappa shape index (κ1) is 21.5. The number of benzene rings is 1. The van der Waals surface area contributed by atoms with Gasteiger partial charge in [-0.15, -0.1) is 0 Å². The molecule has 0 saturated carbocycles. The maximum Gasteiger partial charge on any atom is 0.308 e. The normalized spacial score (nSPS) is 15.3. The summed E-state index contributed by atoms with van der Waals surface area (Å²) in [6, 6.07) is 1.67. The summed E-state index contributed by atoms with van der Waals surface area (Å²) in [7, 11) is 1.36. The van der Waals surface area contributed by atoms with Crippen molar-refractivity contribution in [3.8, 4) is 0 Å². The van der Waals surface area contributed by atoms with Crippen LogP contribution in [0.5, 0.6) is 0 Å². The minimum Gasteiger partial charge on any atom is -0.469 e. The van der Waals surface area contributed by atoms with Crippen LogP contribution in [0.2, 0.25) is 0 Å². The van der Waals surface area contributed by atoms with Crippen LogP contribution in [0.15, 0.2) is 17.1 Å². The van der Waals surface area contributed by atoms with Gasteiger partial charge >= 0.3 is 5.97 Å². The molecular formula is C18H23F3N4O3. The Kier molecular flexibility index (Phi) is 7.65. The van der Waals surface area contributed by atoms with Crippen LogP contribution in [0, 0.1) is 23.4 Å². The Morgan fingerprint density at radius 3 is 2.50 bits per heavy atom. The molecule has 1 aliphatic heterocycles. The average Bonchev–Trinajstić information content (AvgIpc) is 2.71. The maximum absolute atomic E-state index is 13.6. The summed E-state index contributed by atoms with van der Waals surface area (Å²) >= 11 is 0. The molecule has 2 N–H and O–H groups in total. The van der Waals surface area contributed by atoms with Gasteiger partial charge in [-0.25, -0.2) is 18.2 Å². The van der Waals surface area contributed by atoms with Crippen LogP contribution in [-0.4, -0.2) is 56.0 Å². The van der Waals surface area contributed by atoms with E-state index in [1.807, 2.05) is 11.8 Å². The van der Waals surface area contributed by atoms with E-state index in [2.05, 4.69) is 15.6 Å². The van der Waals surface area contributed by atoms with Crippen molar-refractivity contribution in [2.45, 2.75) is 19.8 Å². The molecule has 0 radical (unpaired) electrons. The Balaban J connectivity index is 1.98. The number of halogens is 3. The summed E-state index contributed by atoms with van der Waals surface area (Å²) in [6.07, 6.45) is 1.20. The van der Waals surface area contributed by atoms with E-state index in [-0.39, 0.29) is 18.4 Å². The molecule has 1 heterocycles. The van der Waals surface area contributed by atoms with Gasteiger partial charge in [0.25, 0.3) is 0 Å². The van der Waals surface area contributed by atoms with E-state index in [9.17, 15) is 22.8 Å². The highest BCUT2D eigenvalue weighted by Crippen LogP contribution is 2.20. The third kappa shape index (κ3) is 5.37. The molecule has 1 aromatic carbocycles. The number of esters is 1. The van der Waals surface area contributed by atoms with E-state index < -0.39 is 29.0 Å². The lowest BCUT2D eigenvalue weighted by Crippen LogP contribution is -2.47. The number of rotatable bonds is 5. The smallest absolute Gasteiger partial charge is 0.308 e. The third-order valence-corrected chi connectivity index (χ3v) is 4.35. The van der Waals surface area contributed by atoms with Crippen LogP contribution in [0.4, 0.5) is 18.9 Å². The number of nitrogens with one attached hydrogen (secondary N) is 2. The van der Waals surface area contributed by atoms with Crippen molar-refractivity contribution in [1.29, 1.82) is 0 Å². The molecule has 0 spiro atoms. The average molecular weight is 400 g/mol. The van der Waals surface area contributed by atoms with Crippen molar-refractivity contribution in [2.24, 2.45) is 10.9 Å². The summed E-state index contributed by atoms with van der Waals surface area (Å²) in [5.74, 6) is -5.05. The summed E-state index contributed by atoms with van der Waals surface area (Å²) in [6.45, 7) is 3.22. The molecule has 28 heavy (non-hydrogen) atoms. The fraction of sp³-hybridized carbons (Fsp3) is 0.500. The minimum atomic E-state index is -1.65. The van der Waals surface area contributed by atoms with Gasteiger partial charge in [0.2, 0.25) is 5.91 Å². The maximum atomic E-state index is 13.6. The van der Waals surface area contributed by atoms with E-state index in [1.165, 1.54) is 7.11 Å². The zero-order chi connectivity index (χ0) is 20.7. The molecule has 0 bridgehead atoms. The fourth-order valence-corrected chi connectivity index (χ4v) is 2.88. The predicted octanol–water partition coefficient (Wildman–Crippen LogP) is 1.89. The van der Waals surface area contributed by atoms with Gasteiger partial charge in [0.05, 0.1) is 18.7 Å². The lowest BCUT2D eigenvalue weighted by atomic mass is 9.97. The first-order chi connectivity index (χ1) is 13.4. The number of carbonyl (C=O) groups excluding carboxylic acids is 2. The van der Waals surface area contributed by atoms with E-state index in [1.54, 1.807) is 0 Å². The SMILES string of the molecule is CCNC(=NCC(=O)Nc1ccc(F)c(F)c1F)N1CCC(C(=O)OC)CC1. The number of hydrogen-bond acceptors (Lipinski definition) is 4. The van der Waals surface area contributed by atoms with Crippen LogP contribution >= 0.6 is 0 Å². The van der Waals surface area contributed by atoms with Gasteiger partial charge in [0.1, 0.15) is 6.54 Å². The summed E-state index contributed by atoms with van der Waals surface area (Å²) in [5.41, 5.74) is -0.456. The number of carbonyl (C=O) groups is 2. The van der Waals surface area contributed by atoms with Crippen molar-refractivity contribution in [3.05, 3.63) is 29.6 Å². The quantitative estimate of drug-likeness (QED) is 0.341. The number of guanidine groups is 1. The molecule has 1 aromatic rings. The van der Waals surface area contributed by atoms with Crippen molar-refractivity contribution in [3.63, 3.8) is 0 Å². The van der Waals surface area contributed by atoms with Crippen LogP contribution in [0.25, 0.3) is 0 Å². The summed E-state index contributed by atoms with van der Waals surface area (Å²) in [4.78, 5) is 29.8. The molecule has 154 valence electrons. The number of amides is 1. The van der Waals surface area contributed by atoms with Crippen LogP contribution in [0.3, 0.4) is 0 Å². The Morgan fingerprint density at radius 2 is 1.89 bits per heavy atom. The highest BCUT2D eigenvalue weighted by Gasteiger charge is 2.27. The molecular weight excluding hydrogens is 377 g/mol. The second-order valence-electron chi connectivity index (χ2n) is 6.23. The van der Waals surface area contributed by atoms with E-state index in [4.69, 9.17) is 4.74 Å². The number of methoxy groups -OCH3 is 1. The van der Waals surface area contributed by atoms with Gasteiger partial charge in [-0.05, 0) is 31.9 Å². The second kappa shape index (κ2) is 9.95. The molecule has 0 aliphatic carbocycles. The van der Waals surface area contributed by atoms with Gasteiger partial charge in [0.15, 0.2) is 23.4 Å². The first-order valence-corrected chi connectivity index (χ1v) is 8.91. The number of anilines is 1. The van der Waals surface area contributed by atoms with Crippen molar-refractivity contribution < 1.29 is 27.5 Å². The zero-order valence-corrected chi connectivity index (χ0v) is 15.7. The van der Waals surface area contributed by atoms with Gasteiger partial charge in [-0.2, -0.15) is 0 Å². The molecule has 1 aliphatic rings. The fourth-order valence-electron chi connectivity index (χ4n) is 2.88. The molecule has 2 rings (SSSR count). The Bertz CT molecular complexity index is 750. The standard InChI is InChI=1S/C18H23F3N4O3/c1-3-22-18(25-8-6-11(7-9-25)17(27)28-2)23-10-14(26)24-13-5-4-12(19)15(20)16(13)21/h4-5,11H,3,6-10H2,1-2H3,(H,22,23)(H,24,26). The molecule has 0 atom stereocenters. The number of ether oxygens (including phenoxy) is 1. The molecule has 1 fully saturated rings. The number of piperidine rings is 1. The second-order valence-corrected chi connectivity index (χ2v) is 6.23. The van der Waals surface area contributed by atoms with Gasteiger partial charge in [0, 0.05) is 19.6 Å². The molecule has 10 heteroatoms. The number of likely N-dealkylation sites (tertiary alicyclic amines) is 1. The van der Waals surface area contributed by atoms with Crippen molar-refractivity contribution in [1.82, 2.24) is 10.2 Å². The van der Waals surface area contributed by atoms with Crippen molar-refractivity contribution >= 4 is 23.5 Å². The zero-order valence-electron chi connectivity index (χ0n) is 15.7. The van der Waals surface area contributed by atoms with Crippen molar-refractivity contribution in [2.75, 3.05) is 38.6 Å². The third-order valence-electron chi connectivity index (χ3n) is 4.35. The molecule has 0 unspecified atom stereocenters. The number of aliphatic imine (C=N–C) groups is 1. The Labute approximate surface area is 160 Å². The van der Waals surface area contributed by atoms with Gasteiger partial charge in [-0.3, -0.25) is 9.59 Å². The molecule has 7 nitrogen and oxygen atoms in total. The Hall–Kier alpha value is -2.78. The Morgan fingerprint density at radius 1 is 1.21 bits per heavy atom. The predicted molar refractivity (Wildman–Crippen MR) is 97.2 cm³/mol. The monoisotopic (exact) mass is 400 g/mol. The molecule has 1 amide bonds. The van der Waals surface area contributed by atoms with Crippen LogP contribution < -0.4 is 10.6 Å². The van der Waals surface area contributed by atoms with Gasteiger partial charge in [-0.1, -0.05) is 0 Å². The van der Waals surface area contributed by atoms with Crippen LogP contribution in [0.1, 0.15) is 19.8 Å². The van der Waals surface area contributed by atoms with E-state index >= 15 is 0 Å². The van der Waals surface area contributed by atoms with E-state index in [0.717, 1.165) is 12.1 Å². The largest absolute Gasteiger partial charge is 0.469 e. The number of nitrogens with zero attached hydrogens (tertiary/aromatic N) is 2. The van der Waals surface area contributed by atoms with Crippen LogP contribution in [-0.2, 0) is 14.3 Å². The summed E-state index contributed by atoms with van der Waals surface area (Å²) in [5, 5.41) is 5.23. The minimum absolute atomic E-state index is 0.163. The van der Waals surface area contributed by atoms with Gasteiger partial charge < -0.3 is 20.3 Å². The summed E-state index contributed by atoms with van der Waals surface area (Å²) < 4.78 is 44.6. The molecule has 1 saturated heterocycles. The number of hydrogen-bond donors (Lipinski definition) is 2. The first-order valence-electron chi connectivity index (χ1n) is 8.91. The highest BCUT2D eigenvalue weighted by molar-refractivity contribution is 5.94. The lowest BCUT2D eigenvalue weighted by molar-refractivity contribution is -0.146. The molecule has 0 aromatic heterocycles. The highest BCUT2D eigenvalue weighted by atomic mass is 19.2.